The van der Waals surface area contributed by atoms with Gasteiger partial charge in [0.25, 0.3) is 0 Å². The lowest BCUT2D eigenvalue weighted by Crippen LogP contribution is -2.32. The van der Waals surface area contributed by atoms with Gasteiger partial charge < -0.3 is 10.6 Å². The molecule has 1 rings (SSSR count). The first-order chi connectivity index (χ1) is 5.09. The van der Waals surface area contributed by atoms with Crippen molar-refractivity contribution >= 4 is 24.1 Å². The lowest BCUT2D eigenvalue weighted by Gasteiger charge is -2.20. The molecule has 0 saturated carbocycles. The Bertz CT molecular complexity index is 209. The molecule has 1 aliphatic heterocycles. The van der Waals surface area contributed by atoms with E-state index in [1.54, 1.807) is 0 Å². The van der Waals surface area contributed by atoms with Crippen LogP contribution in [0.4, 0.5) is 0 Å². The highest BCUT2D eigenvalue weighted by Crippen LogP contribution is 2.04. The number of nitrogens with two attached hydrogens (primary N) is 1. The smallest absolute Gasteiger partial charge is 0.140 e. The topological polar surface area (TPSA) is 54.0 Å². The maximum atomic E-state index is 5.60. The first kappa shape index (κ1) is 11.2. The van der Waals surface area contributed by atoms with Crippen molar-refractivity contribution in [2.24, 2.45) is 15.7 Å². The molecule has 0 radical (unpaired) electrons. The van der Waals surface area contributed by atoms with E-state index in [1.165, 1.54) is 0 Å². The molecule has 0 aromatic rings. The van der Waals surface area contributed by atoms with Crippen molar-refractivity contribution in [2.45, 2.75) is 19.5 Å². The second kappa shape index (κ2) is 4.30. The number of amidine groups is 2. The second-order valence-electron chi connectivity index (χ2n) is 2.87. The predicted molar refractivity (Wildman–Crippen MR) is 54.1 cm³/mol. The molecule has 0 fully saturated rings. The van der Waals surface area contributed by atoms with Gasteiger partial charge in [0.05, 0.1) is 6.42 Å². The van der Waals surface area contributed by atoms with Crippen LogP contribution in [0.15, 0.2) is 9.98 Å². The Morgan fingerprint density at radius 3 is 2.42 bits per heavy atom. The van der Waals surface area contributed by atoms with E-state index in [9.17, 15) is 0 Å². The van der Waals surface area contributed by atoms with E-state index in [0.29, 0.717) is 12.3 Å². The van der Waals surface area contributed by atoms with Crippen molar-refractivity contribution in [3.63, 3.8) is 0 Å². The molecule has 2 N–H and O–H groups in total. The van der Waals surface area contributed by atoms with Crippen molar-refractivity contribution in [3.8, 4) is 0 Å². The van der Waals surface area contributed by atoms with Gasteiger partial charge in [0.1, 0.15) is 17.8 Å². The van der Waals surface area contributed by atoms with Gasteiger partial charge in [0, 0.05) is 14.1 Å². The number of aliphatic imine (C=N–C) groups is 2. The Balaban J connectivity index is 0.00000121. The molecule has 0 amide bonds. The lowest BCUT2D eigenvalue weighted by molar-refractivity contribution is 0.592. The first-order valence-electron chi connectivity index (χ1n) is 3.65. The average molecular weight is 191 g/mol. The largest absolute Gasteiger partial charge is 0.387 e. The summed E-state index contributed by atoms with van der Waals surface area (Å²) in [7, 11) is 3.92. The summed E-state index contributed by atoms with van der Waals surface area (Å²) in [6.07, 6.45) is 0.665. The quantitative estimate of drug-likeness (QED) is 0.604. The average Bonchev–Trinajstić information content (AvgIpc) is 1.85. The summed E-state index contributed by atoms with van der Waals surface area (Å²) in [5.74, 6) is 1.68. The molecule has 4 nitrogen and oxygen atoms in total. The van der Waals surface area contributed by atoms with Gasteiger partial charge in [-0.3, -0.25) is 0 Å². The number of rotatable bonds is 0. The van der Waals surface area contributed by atoms with Crippen molar-refractivity contribution < 1.29 is 0 Å². The standard InChI is InChI=1S/C7H14N4.ClH/c1-5-9-6(8)4-7(10-5)11(2)3;/h5H,4H2,1-3H3,(H2,8,9);1H. The lowest BCUT2D eigenvalue weighted by atomic mass is 10.3. The molecule has 1 heterocycles. The normalized spacial score (nSPS) is 22.1. The van der Waals surface area contributed by atoms with Crippen LogP contribution in [0.25, 0.3) is 0 Å². The Hall–Kier alpha value is -0.770. The summed E-state index contributed by atoms with van der Waals surface area (Å²) in [6, 6.07) is 0. The highest BCUT2D eigenvalue weighted by atomic mass is 35.5. The van der Waals surface area contributed by atoms with Gasteiger partial charge in [-0.2, -0.15) is 0 Å². The molecule has 0 saturated heterocycles. The molecule has 1 unspecified atom stereocenters. The van der Waals surface area contributed by atoms with Crippen LogP contribution in [0.2, 0.25) is 0 Å². The Morgan fingerprint density at radius 1 is 1.42 bits per heavy atom. The van der Waals surface area contributed by atoms with Gasteiger partial charge >= 0.3 is 0 Å². The van der Waals surface area contributed by atoms with Gasteiger partial charge in [-0.05, 0) is 6.92 Å². The van der Waals surface area contributed by atoms with E-state index in [1.807, 2.05) is 25.9 Å². The molecular formula is C7H15ClN4. The zero-order valence-electron chi connectivity index (χ0n) is 7.61. The van der Waals surface area contributed by atoms with Crippen molar-refractivity contribution in [2.75, 3.05) is 14.1 Å². The third-order valence-electron chi connectivity index (χ3n) is 1.54. The fourth-order valence-electron chi connectivity index (χ4n) is 1.01. The van der Waals surface area contributed by atoms with E-state index < -0.39 is 0 Å². The highest BCUT2D eigenvalue weighted by molar-refractivity contribution is 6.02. The Labute approximate surface area is 79.0 Å². The van der Waals surface area contributed by atoms with Crippen LogP contribution in [0.5, 0.6) is 0 Å². The maximum absolute atomic E-state index is 5.60. The maximum Gasteiger partial charge on any atom is 0.140 e. The molecule has 12 heavy (non-hydrogen) atoms. The minimum atomic E-state index is -0.0128. The summed E-state index contributed by atoms with van der Waals surface area (Å²) >= 11 is 0. The summed E-state index contributed by atoms with van der Waals surface area (Å²) in [4.78, 5) is 10.4. The molecule has 70 valence electrons. The van der Waals surface area contributed by atoms with Crippen LogP contribution in [0.3, 0.4) is 0 Å². The monoisotopic (exact) mass is 190 g/mol. The molecule has 0 aromatic carbocycles. The minimum absolute atomic E-state index is 0. The number of nitrogens with zero attached hydrogens (tertiary/aromatic N) is 3. The highest BCUT2D eigenvalue weighted by Gasteiger charge is 2.12. The SMILES string of the molecule is CC1N=C(N)CC(N(C)C)=N1.Cl. The Kier molecular flexibility index (Phi) is 4.03. The summed E-state index contributed by atoms with van der Waals surface area (Å²) in [6.45, 7) is 1.93. The minimum Gasteiger partial charge on any atom is -0.387 e. The van der Waals surface area contributed by atoms with Crippen molar-refractivity contribution in [1.29, 1.82) is 0 Å². The van der Waals surface area contributed by atoms with Crippen LogP contribution >= 0.6 is 12.4 Å². The molecule has 0 aromatic heterocycles. The van der Waals surface area contributed by atoms with Gasteiger partial charge in [-0.1, -0.05) is 0 Å². The van der Waals surface area contributed by atoms with E-state index >= 15 is 0 Å². The number of halogens is 1. The molecule has 1 atom stereocenters. The zero-order chi connectivity index (χ0) is 8.43. The number of hydrogen-bond donors (Lipinski definition) is 1. The zero-order valence-corrected chi connectivity index (χ0v) is 8.43. The molecule has 1 aliphatic rings. The van der Waals surface area contributed by atoms with Crippen LogP contribution < -0.4 is 5.73 Å². The summed E-state index contributed by atoms with van der Waals surface area (Å²) < 4.78 is 0. The third-order valence-corrected chi connectivity index (χ3v) is 1.54. The van der Waals surface area contributed by atoms with Gasteiger partial charge in [0.2, 0.25) is 0 Å². The van der Waals surface area contributed by atoms with Crippen LogP contribution in [0, 0.1) is 0 Å². The summed E-state index contributed by atoms with van der Waals surface area (Å²) in [5, 5.41) is 0. The predicted octanol–water partition coefficient (Wildman–Crippen LogP) is 0.475. The Morgan fingerprint density at radius 2 is 2.00 bits per heavy atom. The molecule has 0 spiro atoms. The van der Waals surface area contributed by atoms with Crippen molar-refractivity contribution in [3.05, 3.63) is 0 Å². The molecule has 5 heteroatoms. The van der Waals surface area contributed by atoms with E-state index in [-0.39, 0.29) is 18.6 Å². The molecular weight excluding hydrogens is 176 g/mol. The molecule has 0 bridgehead atoms. The van der Waals surface area contributed by atoms with Crippen LogP contribution in [-0.4, -0.2) is 36.8 Å². The van der Waals surface area contributed by atoms with Gasteiger partial charge in [-0.15, -0.1) is 12.4 Å². The van der Waals surface area contributed by atoms with Crippen molar-refractivity contribution in [1.82, 2.24) is 4.90 Å². The van der Waals surface area contributed by atoms with E-state index in [4.69, 9.17) is 5.73 Å². The number of hydrogen-bond acceptors (Lipinski definition) is 4. The van der Waals surface area contributed by atoms with E-state index in [2.05, 4.69) is 9.98 Å². The van der Waals surface area contributed by atoms with Crippen LogP contribution in [-0.2, 0) is 0 Å². The fraction of sp³-hybridized carbons (Fsp3) is 0.714. The van der Waals surface area contributed by atoms with E-state index in [0.717, 1.165) is 5.84 Å². The first-order valence-corrected chi connectivity index (χ1v) is 3.65. The van der Waals surface area contributed by atoms with Crippen LogP contribution in [0.1, 0.15) is 13.3 Å². The second-order valence-corrected chi connectivity index (χ2v) is 2.87. The molecule has 0 aliphatic carbocycles. The van der Waals surface area contributed by atoms with Gasteiger partial charge in [0.15, 0.2) is 0 Å². The fourth-order valence-corrected chi connectivity index (χ4v) is 1.01. The third kappa shape index (κ3) is 2.70. The van der Waals surface area contributed by atoms with Gasteiger partial charge in [-0.25, -0.2) is 9.98 Å². The summed E-state index contributed by atoms with van der Waals surface area (Å²) in [5.41, 5.74) is 5.60.